The highest BCUT2D eigenvalue weighted by atomic mass is 19.1. The monoisotopic (exact) mass is 461 g/mol. The van der Waals surface area contributed by atoms with Gasteiger partial charge in [0.2, 0.25) is 0 Å². The molecule has 2 aromatic rings. The largest absolute Gasteiger partial charge is 0.494 e. The zero-order valence-electron chi connectivity index (χ0n) is 18.5. The van der Waals surface area contributed by atoms with Crippen molar-refractivity contribution >= 4 is 17.5 Å². The molecule has 0 radical (unpaired) electrons. The summed E-state index contributed by atoms with van der Waals surface area (Å²) in [7, 11) is 0. The molecule has 0 aromatic heterocycles. The van der Waals surface area contributed by atoms with Crippen LogP contribution in [0.25, 0.3) is 0 Å². The van der Waals surface area contributed by atoms with Crippen LogP contribution in [0.2, 0.25) is 0 Å². The quantitative estimate of drug-likeness (QED) is 0.184. The molecule has 1 aliphatic rings. The number of hydroxylamine groups is 1. The maximum absolute atomic E-state index is 15.6. The first kappa shape index (κ1) is 24.3. The zero-order chi connectivity index (χ0) is 23.8. The Bertz CT molecular complexity index is 963. The van der Waals surface area contributed by atoms with Gasteiger partial charge in [-0.25, -0.2) is 9.18 Å². The first-order valence-corrected chi connectivity index (χ1v) is 10.7. The predicted octanol–water partition coefficient (Wildman–Crippen LogP) is 3.41. The van der Waals surface area contributed by atoms with Crippen molar-refractivity contribution in [1.29, 1.82) is 5.41 Å². The van der Waals surface area contributed by atoms with E-state index in [9.17, 15) is 4.79 Å². The molecule has 0 bridgehead atoms. The number of rotatable bonds is 10. The molecule has 0 spiro atoms. The molecule has 4 N–H and O–H groups in total. The second kappa shape index (κ2) is 11.5. The fraction of sp³-hybridized carbons (Fsp3) is 0.391. The molecule has 1 saturated heterocycles. The van der Waals surface area contributed by atoms with Gasteiger partial charge in [-0.1, -0.05) is 0 Å². The van der Waals surface area contributed by atoms with E-state index < -0.39 is 17.8 Å². The van der Waals surface area contributed by atoms with Gasteiger partial charge in [-0.15, -0.1) is 0 Å². The molecule has 178 valence electrons. The standard InChI is InChI=1S/C23H28FN3O6/c1-3-31-17-11-18(20(24)19(12-17)33-16-9-10-30-13-16)21(23(28)32-4-2)26-15-7-5-14(6-8-15)22(25)27-29/h5-8,11-12,16,21,26,29H,3-4,9-10,13H2,1-2H3,(H2,25,27)/t16-,21+/m1/s1. The zero-order valence-corrected chi connectivity index (χ0v) is 18.5. The maximum Gasteiger partial charge on any atom is 0.333 e. The molecular weight excluding hydrogens is 433 g/mol. The third kappa shape index (κ3) is 6.11. The van der Waals surface area contributed by atoms with Crippen LogP contribution in [0, 0.1) is 11.2 Å². The van der Waals surface area contributed by atoms with E-state index in [2.05, 4.69) is 5.32 Å². The van der Waals surface area contributed by atoms with Gasteiger partial charge in [0.1, 0.15) is 17.7 Å². The molecule has 0 amide bonds. The van der Waals surface area contributed by atoms with Gasteiger partial charge < -0.3 is 24.3 Å². The normalized spacial score (nSPS) is 16.1. The number of esters is 1. The summed E-state index contributed by atoms with van der Waals surface area (Å²) in [5.41, 5.74) is 2.69. The number of ether oxygens (including phenoxy) is 4. The van der Waals surface area contributed by atoms with Gasteiger partial charge >= 0.3 is 5.97 Å². The highest BCUT2D eigenvalue weighted by molar-refractivity contribution is 5.95. The molecule has 1 fully saturated rings. The SMILES string of the molecule is CCOC(=O)[C@@H](Nc1ccc(C(=N)NO)cc1)c1cc(OCC)cc(O[C@@H]2CCOC2)c1F. The van der Waals surface area contributed by atoms with E-state index >= 15 is 4.39 Å². The molecule has 0 saturated carbocycles. The minimum atomic E-state index is -1.19. The number of anilines is 1. The summed E-state index contributed by atoms with van der Waals surface area (Å²) < 4.78 is 37.5. The van der Waals surface area contributed by atoms with Gasteiger partial charge in [-0.3, -0.25) is 16.1 Å². The fourth-order valence-corrected chi connectivity index (χ4v) is 3.38. The third-order valence-corrected chi connectivity index (χ3v) is 4.96. The lowest BCUT2D eigenvalue weighted by Gasteiger charge is -2.22. The van der Waals surface area contributed by atoms with Crippen molar-refractivity contribution in [1.82, 2.24) is 5.48 Å². The summed E-state index contributed by atoms with van der Waals surface area (Å²) in [6.07, 6.45) is 0.346. The van der Waals surface area contributed by atoms with Crippen LogP contribution < -0.4 is 20.3 Å². The molecule has 3 rings (SSSR count). The lowest BCUT2D eigenvalue weighted by molar-refractivity contribution is -0.144. The first-order valence-electron chi connectivity index (χ1n) is 10.7. The first-order chi connectivity index (χ1) is 16.0. The smallest absolute Gasteiger partial charge is 0.333 e. The van der Waals surface area contributed by atoms with Gasteiger partial charge in [0.05, 0.1) is 26.4 Å². The van der Waals surface area contributed by atoms with Crippen LogP contribution in [0.15, 0.2) is 36.4 Å². The Kier molecular flexibility index (Phi) is 8.45. The second-order valence-corrected chi connectivity index (χ2v) is 7.25. The highest BCUT2D eigenvalue weighted by Gasteiger charge is 2.29. The van der Waals surface area contributed by atoms with Crippen LogP contribution in [-0.2, 0) is 14.3 Å². The topological polar surface area (TPSA) is 122 Å². The molecular formula is C23H28FN3O6. The van der Waals surface area contributed by atoms with E-state index in [1.54, 1.807) is 43.6 Å². The number of benzene rings is 2. The van der Waals surface area contributed by atoms with Crippen molar-refractivity contribution in [3.63, 3.8) is 0 Å². The van der Waals surface area contributed by atoms with Crippen molar-refractivity contribution in [3.05, 3.63) is 53.3 Å². The highest BCUT2D eigenvalue weighted by Crippen LogP contribution is 2.34. The Hall–Kier alpha value is -3.37. The van der Waals surface area contributed by atoms with Crippen LogP contribution in [0.5, 0.6) is 11.5 Å². The van der Waals surface area contributed by atoms with Crippen LogP contribution in [0.3, 0.4) is 0 Å². The average Bonchev–Trinajstić information content (AvgIpc) is 3.33. The van der Waals surface area contributed by atoms with Gasteiger partial charge in [-0.2, -0.15) is 0 Å². The lowest BCUT2D eigenvalue weighted by Crippen LogP contribution is -2.25. The summed E-state index contributed by atoms with van der Waals surface area (Å²) in [6.45, 7) is 4.83. The van der Waals surface area contributed by atoms with E-state index in [0.717, 1.165) is 0 Å². The number of hydrogen-bond acceptors (Lipinski definition) is 8. The van der Waals surface area contributed by atoms with Crippen molar-refractivity contribution in [3.8, 4) is 11.5 Å². The number of nitrogens with one attached hydrogen (secondary N) is 3. The Labute approximate surface area is 191 Å². The van der Waals surface area contributed by atoms with E-state index in [1.807, 2.05) is 0 Å². The molecule has 9 nitrogen and oxygen atoms in total. The number of amidine groups is 1. The molecule has 2 aromatic carbocycles. The fourth-order valence-electron chi connectivity index (χ4n) is 3.38. The van der Waals surface area contributed by atoms with E-state index in [1.165, 1.54) is 12.1 Å². The van der Waals surface area contributed by atoms with Gasteiger partial charge in [-0.05, 0) is 44.2 Å². The van der Waals surface area contributed by atoms with Crippen molar-refractivity contribution < 1.29 is 33.3 Å². The molecule has 10 heteroatoms. The minimum absolute atomic E-state index is 0.0159. The summed E-state index contributed by atoms with van der Waals surface area (Å²) in [4.78, 5) is 12.8. The molecule has 0 aliphatic carbocycles. The van der Waals surface area contributed by atoms with Crippen molar-refractivity contribution in [2.75, 3.05) is 31.7 Å². The minimum Gasteiger partial charge on any atom is -0.494 e. The number of carbonyl (C=O) groups excluding carboxylic acids is 1. The van der Waals surface area contributed by atoms with Gasteiger partial charge in [0.25, 0.3) is 0 Å². The summed E-state index contributed by atoms with van der Waals surface area (Å²) >= 11 is 0. The summed E-state index contributed by atoms with van der Waals surface area (Å²) in [5, 5.41) is 19.5. The lowest BCUT2D eigenvalue weighted by atomic mass is 10.0. The van der Waals surface area contributed by atoms with Crippen molar-refractivity contribution in [2.45, 2.75) is 32.4 Å². The predicted molar refractivity (Wildman–Crippen MR) is 119 cm³/mol. The Balaban J connectivity index is 1.97. The Morgan fingerprint density at radius 1 is 1.27 bits per heavy atom. The van der Waals surface area contributed by atoms with E-state index in [4.69, 9.17) is 29.6 Å². The van der Waals surface area contributed by atoms with Gasteiger partial charge in [0.15, 0.2) is 17.6 Å². The average molecular weight is 461 g/mol. The molecule has 1 heterocycles. The molecule has 0 unspecified atom stereocenters. The maximum atomic E-state index is 15.6. The molecule has 1 aliphatic heterocycles. The van der Waals surface area contributed by atoms with E-state index in [0.29, 0.717) is 43.2 Å². The second-order valence-electron chi connectivity index (χ2n) is 7.25. The molecule has 2 atom stereocenters. The summed E-state index contributed by atoms with van der Waals surface area (Å²) in [5.74, 6) is -1.22. The van der Waals surface area contributed by atoms with Crippen molar-refractivity contribution in [2.24, 2.45) is 0 Å². The van der Waals surface area contributed by atoms with Crippen LogP contribution in [0.4, 0.5) is 10.1 Å². The number of hydrogen-bond donors (Lipinski definition) is 4. The van der Waals surface area contributed by atoms with E-state index in [-0.39, 0.29) is 29.9 Å². The molecule has 33 heavy (non-hydrogen) atoms. The summed E-state index contributed by atoms with van der Waals surface area (Å²) in [6, 6.07) is 8.07. The Morgan fingerprint density at radius 3 is 2.64 bits per heavy atom. The van der Waals surface area contributed by atoms with Crippen LogP contribution in [0.1, 0.15) is 37.4 Å². The van der Waals surface area contributed by atoms with Crippen LogP contribution in [-0.4, -0.2) is 49.5 Å². The third-order valence-electron chi connectivity index (χ3n) is 4.96. The number of halogens is 1. The van der Waals surface area contributed by atoms with Crippen LogP contribution >= 0.6 is 0 Å². The Morgan fingerprint density at radius 2 is 2.03 bits per heavy atom. The number of carbonyl (C=O) groups is 1. The van der Waals surface area contributed by atoms with Gasteiger partial charge in [0, 0.05) is 29.3 Å².